The molecule has 1 fully saturated rings. The topological polar surface area (TPSA) is 57.9 Å². The van der Waals surface area contributed by atoms with E-state index in [2.05, 4.69) is 21.9 Å². The fourth-order valence-electron chi connectivity index (χ4n) is 2.44. The molecule has 15 heavy (non-hydrogen) atoms. The molecule has 84 valence electrons. The molecule has 0 bridgehead atoms. The predicted octanol–water partition coefficient (Wildman–Crippen LogP) is 0.794. The number of aromatic amines is 1. The van der Waals surface area contributed by atoms with Gasteiger partial charge < -0.3 is 15.6 Å². The summed E-state index contributed by atoms with van der Waals surface area (Å²) in [7, 11) is 2.18. The Morgan fingerprint density at radius 1 is 1.60 bits per heavy atom. The number of nitrogens with two attached hydrogens (primary N) is 1. The Balaban J connectivity index is 2.01. The molecule has 4 nitrogen and oxygen atoms in total. The Morgan fingerprint density at radius 2 is 2.33 bits per heavy atom. The standard InChI is InChI=1S/C11H20N4/c1-15-6-2-9(3-7-15)10(8-12)11-13-4-5-14-11/h4-5,9-10H,2-3,6-8,12H2,1H3,(H,13,14). The number of H-pyrrole nitrogens is 1. The summed E-state index contributed by atoms with van der Waals surface area (Å²) >= 11 is 0. The van der Waals surface area contributed by atoms with Crippen LogP contribution in [0.15, 0.2) is 12.4 Å². The van der Waals surface area contributed by atoms with Gasteiger partial charge in [-0.1, -0.05) is 0 Å². The van der Waals surface area contributed by atoms with E-state index < -0.39 is 0 Å². The highest BCUT2D eigenvalue weighted by Crippen LogP contribution is 2.29. The minimum Gasteiger partial charge on any atom is -0.348 e. The van der Waals surface area contributed by atoms with Crippen molar-refractivity contribution in [3.63, 3.8) is 0 Å². The Bertz CT molecular complexity index is 275. The monoisotopic (exact) mass is 208 g/mol. The summed E-state index contributed by atoms with van der Waals surface area (Å²) in [5, 5.41) is 0. The summed E-state index contributed by atoms with van der Waals surface area (Å²) in [6, 6.07) is 0. The first-order valence-corrected chi connectivity index (χ1v) is 5.69. The largest absolute Gasteiger partial charge is 0.348 e. The summed E-state index contributed by atoms with van der Waals surface area (Å²) in [6.07, 6.45) is 6.16. The number of nitrogens with one attached hydrogen (secondary N) is 1. The van der Waals surface area contributed by atoms with E-state index in [-0.39, 0.29) is 0 Å². The van der Waals surface area contributed by atoms with Crippen LogP contribution in [0.5, 0.6) is 0 Å². The van der Waals surface area contributed by atoms with Gasteiger partial charge in [-0.05, 0) is 38.9 Å². The maximum Gasteiger partial charge on any atom is 0.110 e. The number of nitrogens with zero attached hydrogens (tertiary/aromatic N) is 2. The van der Waals surface area contributed by atoms with E-state index in [1.807, 2.05) is 12.4 Å². The van der Waals surface area contributed by atoms with Crippen LogP contribution in [0, 0.1) is 5.92 Å². The van der Waals surface area contributed by atoms with Crippen LogP contribution < -0.4 is 5.73 Å². The van der Waals surface area contributed by atoms with E-state index in [0.29, 0.717) is 18.4 Å². The van der Waals surface area contributed by atoms with Gasteiger partial charge in [0.1, 0.15) is 5.82 Å². The molecule has 1 saturated heterocycles. The number of imidazole rings is 1. The molecule has 1 aliphatic rings. The molecule has 1 aromatic rings. The number of aromatic nitrogens is 2. The second kappa shape index (κ2) is 4.77. The van der Waals surface area contributed by atoms with Crippen LogP contribution in [0.1, 0.15) is 24.6 Å². The van der Waals surface area contributed by atoms with Gasteiger partial charge in [-0.25, -0.2) is 4.98 Å². The van der Waals surface area contributed by atoms with E-state index in [1.54, 1.807) is 0 Å². The first-order chi connectivity index (χ1) is 7.31. The van der Waals surface area contributed by atoms with E-state index in [9.17, 15) is 0 Å². The van der Waals surface area contributed by atoms with Crippen molar-refractivity contribution in [1.82, 2.24) is 14.9 Å². The number of hydrogen-bond donors (Lipinski definition) is 2. The van der Waals surface area contributed by atoms with Crippen LogP contribution in [-0.2, 0) is 0 Å². The molecule has 0 amide bonds. The van der Waals surface area contributed by atoms with Gasteiger partial charge in [-0.2, -0.15) is 0 Å². The van der Waals surface area contributed by atoms with Crippen molar-refractivity contribution in [2.24, 2.45) is 11.7 Å². The van der Waals surface area contributed by atoms with Crippen LogP contribution >= 0.6 is 0 Å². The summed E-state index contributed by atoms with van der Waals surface area (Å²) in [4.78, 5) is 9.91. The Labute approximate surface area is 90.9 Å². The van der Waals surface area contributed by atoms with Gasteiger partial charge >= 0.3 is 0 Å². The Morgan fingerprint density at radius 3 is 2.87 bits per heavy atom. The number of likely N-dealkylation sites (tertiary alicyclic amines) is 1. The molecule has 0 aliphatic carbocycles. The van der Waals surface area contributed by atoms with Gasteiger partial charge in [0.25, 0.3) is 0 Å². The first kappa shape index (κ1) is 10.6. The van der Waals surface area contributed by atoms with E-state index in [1.165, 1.54) is 25.9 Å². The SMILES string of the molecule is CN1CCC(C(CN)c2ncc[nH]2)CC1. The lowest BCUT2D eigenvalue weighted by Crippen LogP contribution is -2.35. The number of rotatable bonds is 3. The third-order valence-electron chi connectivity index (χ3n) is 3.46. The molecular weight excluding hydrogens is 188 g/mol. The lowest BCUT2D eigenvalue weighted by molar-refractivity contribution is 0.197. The zero-order valence-corrected chi connectivity index (χ0v) is 9.32. The molecule has 2 rings (SSSR count). The summed E-state index contributed by atoms with van der Waals surface area (Å²) in [5.74, 6) is 2.16. The fraction of sp³-hybridized carbons (Fsp3) is 0.727. The molecule has 0 radical (unpaired) electrons. The van der Waals surface area contributed by atoms with Crippen molar-refractivity contribution < 1.29 is 0 Å². The molecule has 1 aromatic heterocycles. The lowest BCUT2D eigenvalue weighted by atomic mass is 9.84. The maximum absolute atomic E-state index is 5.86. The van der Waals surface area contributed by atoms with Crippen LogP contribution in [0.2, 0.25) is 0 Å². The minimum atomic E-state index is 0.411. The van der Waals surface area contributed by atoms with Crippen molar-refractivity contribution in [1.29, 1.82) is 0 Å². The average Bonchev–Trinajstić information content (AvgIpc) is 2.75. The Hall–Kier alpha value is -0.870. The Kier molecular flexibility index (Phi) is 3.38. The molecule has 0 aromatic carbocycles. The van der Waals surface area contributed by atoms with Gasteiger partial charge in [0.2, 0.25) is 0 Å². The van der Waals surface area contributed by atoms with E-state index >= 15 is 0 Å². The van der Waals surface area contributed by atoms with E-state index in [4.69, 9.17) is 5.73 Å². The molecule has 0 saturated carbocycles. The highest BCUT2D eigenvalue weighted by Gasteiger charge is 2.26. The molecule has 1 unspecified atom stereocenters. The maximum atomic E-state index is 5.86. The summed E-state index contributed by atoms with van der Waals surface area (Å²) < 4.78 is 0. The molecule has 1 aliphatic heterocycles. The van der Waals surface area contributed by atoms with Crippen LogP contribution in [-0.4, -0.2) is 41.5 Å². The third-order valence-corrected chi connectivity index (χ3v) is 3.46. The van der Waals surface area contributed by atoms with Gasteiger partial charge in [0.05, 0.1) is 0 Å². The first-order valence-electron chi connectivity index (χ1n) is 5.69. The molecule has 3 N–H and O–H groups in total. The predicted molar refractivity (Wildman–Crippen MR) is 60.6 cm³/mol. The van der Waals surface area contributed by atoms with Crippen molar-refractivity contribution in [3.8, 4) is 0 Å². The minimum absolute atomic E-state index is 0.411. The number of hydrogen-bond acceptors (Lipinski definition) is 3. The van der Waals surface area contributed by atoms with Crippen LogP contribution in [0.25, 0.3) is 0 Å². The highest BCUT2D eigenvalue weighted by molar-refractivity contribution is 5.01. The summed E-state index contributed by atoms with van der Waals surface area (Å²) in [6.45, 7) is 3.06. The average molecular weight is 208 g/mol. The van der Waals surface area contributed by atoms with Crippen LogP contribution in [0.3, 0.4) is 0 Å². The molecular formula is C11H20N4. The van der Waals surface area contributed by atoms with Crippen molar-refractivity contribution >= 4 is 0 Å². The summed E-state index contributed by atoms with van der Waals surface area (Å²) in [5.41, 5.74) is 5.86. The normalized spacial score (nSPS) is 21.7. The molecule has 0 spiro atoms. The zero-order chi connectivity index (χ0) is 10.7. The third kappa shape index (κ3) is 2.38. The van der Waals surface area contributed by atoms with Crippen LogP contribution in [0.4, 0.5) is 0 Å². The van der Waals surface area contributed by atoms with Crippen molar-refractivity contribution in [3.05, 3.63) is 18.2 Å². The van der Waals surface area contributed by atoms with Gasteiger partial charge in [0, 0.05) is 24.9 Å². The van der Waals surface area contributed by atoms with Gasteiger partial charge in [-0.15, -0.1) is 0 Å². The van der Waals surface area contributed by atoms with Gasteiger partial charge in [-0.3, -0.25) is 0 Å². The zero-order valence-electron chi connectivity index (χ0n) is 9.32. The van der Waals surface area contributed by atoms with Crippen molar-refractivity contribution in [2.45, 2.75) is 18.8 Å². The molecule has 2 heterocycles. The second-order valence-electron chi connectivity index (χ2n) is 4.46. The lowest BCUT2D eigenvalue weighted by Gasteiger charge is -2.32. The molecule has 1 atom stereocenters. The smallest absolute Gasteiger partial charge is 0.110 e. The fourth-order valence-corrected chi connectivity index (χ4v) is 2.44. The molecule has 4 heteroatoms. The highest BCUT2D eigenvalue weighted by atomic mass is 15.1. The van der Waals surface area contributed by atoms with E-state index in [0.717, 1.165) is 5.82 Å². The van der Waals surface area contributed by atoms with Gasteiger partial charge in [0.15, 0.2) is 0 Å². The quantitative estimate of drug-likeness (QED) is 0.772. The van der Waals surface area contributed by atoms with Crippen molar-refractivity contribution in [2.75, 3.05) is 26.7 Å². The number of piperidine rings is 1. The second-order valence-corrected chi connectivity index (χ2v) is 4.46.